The number of carbonyl (C=O) groups is 3. The fourth-order valence-electron chi connectivity index (χ4n) is 5.35. The molecule has 1 heterocycles. The van der Waals surface area contributed by atoms with Crippen LogP contribution in [-0.2, 0) is 19.4 Å². The van der Waals surface area contributed by atoms with E-state index in [4.69, 9.17) is 31.5 Å². The standard InChI is InChI=1S/C32H37ClN4O8S/c1-18(2)46(41,42)28-13-10-21(35-32(40)45-5)17-22(28)25-7-6-14-37(25)31(39)29(19-9-12-26(43-3)27(16-19)44-4)36-24-15-20(30(34)38)8-11-23(24)33/h8-13,15-18,25,29,36H,6-7,14H2,1-5H3,(H2,34,38)(H,35,40). The van der Waals surface area contributed by atoms with Crippen molar-refractivity contribution in [2.75, 3.05) is 38.5 Å². The summed E-state index contributed by atoms with van der Waals surface area (Å²) < 4.78 is 42.7. The Morgan fingerprint density at radius 2 is 1.70 bits per heavy atom. The Balaban J connectivity index is 1.85. The second-order valence-corrected chi connectivity index (χ2v) is 13.8. The van der Waals surface area contributed by atoms with Crippen molar-refractivity contribution < 1.29 is 37.0 Å². The van der Waals surface area contributed by atoms with Crippen LogP contribution in [0.25, 0.3) is 0 Å². The Hall–Kier alpha value is -4.49. The molecule has 3 aromatic rings. The lowest BCUT2D eigenvalue weighted by Gasteiger charge is -2.32. The summed E-state index contributed by atoms with van der Waals surface area (Å²) in [6, 6.07) is 12.2. The second kappa shape index (κ2) is 14.3. The van der Waals surface area contributed by atoms with Gasteiger partial charge in [-0.15, -0.1) is 0 Å². The Bertz CT molecular complexity index is 1750. The number of halogens is 1. The van der Waals surface area contributed by atoms with Crippen LogP contribution in [0.3, 0.4) is 0 Å². The lowest BCUT2D eigenvalue weighted by atomic mass is 10.0. The van der Waals surface area contributed by atoms with Gasteiger partial charge in [0.15, 0.2) is 21.3 Å². The molecule has 3 aromatic carbocycles. The summed E-state index contributed by atoms with van der Waals surface area (Å²) in [7, 11) is 0.398. The van der Waals surface area contributed by atoms with Crippen molar-refractivity contribution in [2.24, 2.45) is 5.73 Å². The minimum atomic E-state index is -3.79. The van der Waals surface area contributed by atoms with Crippen LogP contribution >= 0.6 is 11.6 Å². The Kier molecular flexibility index (Phi) is 10.7. The van der Waals surface area contributed by atoms with E-state index >= 15 is 0 Å². The third-order valence-corrected chi connectivity index (χ3v) is 10.4. The molecule has 46 heavy (non-hydrogen) atoms. The SMILES string of the molecule is COC(=O)Nc1ccc(S(=O)(=O)C(C)C)c(C2CCCN2C(=O)C(Nc2cc(C(N)=O)ccc2Cl)c2ccc(OC)c(OC)c2)c1. The summed E-state index contributed by atoms with van der Waals surface area (Å²) in [5, 5.41) is 5.27. The molecule has 0 bridgehead atoms. The predicted octanol–water partition coefficient (Wildman–Crippen LogP) is 5.33. The highest BCUT2D eigenvalue weighted by molar-refractivity contribution is 7.92. The van der Waals surface area contributed by atoms with E-state index in [1.54, 1.807) is 43.0 Å². The third-order valence-electron chi connectivity index (χ3n) is 7.80. The number of nitrogens with zero attached hydrogens (tertiary/aromatic N) is 1. The van der Waals surface area contributed by atoms with Crippen molar-refractivity contribution in [3.05, 3.63) is 76.3 Å². The van der Waals surface area contributed by atoms with E-state index in [0.717, 1.165) is 0 Å². The normalized spacial score (nSPS) is 15.3. The van der Waals surface area contributed by atoms with Crippen LogP contribution in [0.5, 0.6) is 11.5 Å². The molecule has 12 nitrogen and oxygen atoms in total. The van der Waals surface area contributed by atoms with Crippen molar-refractivity contribution in [3.63, 3.8) is 0 Å². The second-order valence-electron chi connectivity index (χ2n) is 10.9. The molecule has 0 aromatic heterocycles. The van der Waals surface area contributed by atoms with Gasteiger partial charge in [0.1, 0.15) is 6.04 Å². The molecule has 246 valence electrons. The predicted molar refractivity (Wildman–Crippen MR) is 174 cm³/mol. The van der Waals surface area contributed by atoms with E-state index in [1.807, 2.05) is 0 Å². The summed E-state index contributed by atoms with van der Waals surface area (Å²) in [4.78, 5) is 40.3. The maximum atomic E-state index is 14.6. The highest BCUT2D eigenvalue weighted by Gasteiger charge is 2.38. The van der Waals surface area contributed by atoms with Gasteiger partial charge in [0.05, 0.1) is 48.2 Å². The molecular formula is C32H37ClN4O8S. The number of rotatable bonds is 11. The van der Waals surface area contributed by atoms with Gasteiger partial charge in [-0.3, -0.25) is 14.9 Å². The number of carbonyl (C=O) groups excluding carboxylic acids is 3. The van der Waals surface area contributed by atoms with Crippen LogP contribution in [0.2, 0.25) is 5.02 Å². The molecule has 0 radical (unpaired) electrons. The third kappa shape index (κ3) is 7.15. The molecule has 0 aliphatic carbocycles. The Morgan fingerprint density at radius 3 is 2.33 bits per heavy atom. The first-order chi connectivity index (χ1) is 21.8. The smallest absolute Gasteiger partial charge is 0.411 e. The fraction of sp³-hybridized carbons (Fsp3) is 0.344. The lowest BCUT2D eigenvalue weighted by molar-refractivity contribution is -0.133. The summed E-state index contributed by atoms with van der Waals surface area (Å²) in [6.45, 7) is 3.48. The first kappa shape index (κ1) is 34.4. The average Bonchev–Trinajstić information content (AvgIpc) is 3.53. The van der Waals surface area contributed by atoms with Crippen molar-refractivity contribution in [2.45, 2.75) is 48.9 Å². The number of benzene rings is 3. The molecule has 4 N–H and O–H groups in total. The van der Waals surface area contributed by atoms with Crippen molar-refractivity contribution in [1.29, 1.82) is 0 Å². The molecule has 4 rings (SSSR count). The van der Waals surface area contributed by atoms with Crippen LogP contribution < -0.4 is 25.8 Å². The van der Waals surface area contributed by atoms with Gasteiger partial charge in [-0.25, -0.2) is 13.2 Å². The van der Waals surface area contributed by atoms with Gasteiger partial charge in [0.25, 0.3) is 0 Å². The quantitative estimate of drug-likeness (QED) is 0.244. The van der Waals surface area contributed by atoms with E-state index < -0.39 is 45.1 Å². The number of nitrogens with two attached hydrogens (primary N) is 1. The molecule has 1 aliphatic rings. The topological polar surface area (TPSA) is 166 Å². The van der Waals surface area contributed by atoms with Crippen LogP contribution in [0.1, 0.15) is 60.3 Å². The number of primary amides is 1. The molecule has 14 heteroatoms. The molecule has 3 amide bonds. The maximum Gasteiger partial charge on any atom is 0.411 e. The number of methoxy groups -OCH3 is 3. The number of hydrogen-bond donors (Lipinski definition) is 3. The summed E-state index contributed by atoms with van der Waals surface area (Å²) in [5.74, 6) is -0.243. The van der Waals surface area contributed by atoms with E-state index in [1.165, 1.54) is 51.7 Å². The molecule has 0 saturated carbocycles. The fourth-order valence-corrected chi connectivity index (χ4v) is 6.81. The van der Waals surface area contributed by atoms with Gasteiger partial charge in [-0.05, 0) is 86.3 Å². The highest BCUT2D eigenvalue weighted by atomic mass is 35.5. The van der Waals surface area contributed by atoms with Crippen LogP contribution in [0.15, 0.2) is 59.5 Å². The zero-order valence-corrected chi connectivity index (χ0v) is 27.7. The lowest BCUT2D eigenvalue weighted by Crippen LogP contribution is -2.38. The number of likely N-dealkylation sites (tertiary alicyclic amines) is 1. The van der Waals surface area contributed by atoms with Crippen LogP contribution in [-0.4, -0.2) is 64.3 Å². The monoisotopic (exact) mass is 672 g/mol. The highest BCUT2D eigenvalue weighted by Crippen LogP contribution is 2.41. The van der Waals surface area contributed by atoms with Gasteiger partial charge < -0.3 is 30.2 Å². The molecular weight excluding hydrogens is 636 g/mol. The van der Waals surface area contributed by atoms with E-state index in [0.29, 0.717) is 47.7 Å². The van der Waals surface area contributed by atoms with Crippen molar-refractivity contribution in [1.82, 2.24) is 4.90 Å². The molecule has 1 aliphatic heterocycles. The van der Waals surface area contributed by atoms with Crippen LogP contribution in [0.4, 0.5) is 16.2 Å². The van der Waals surface area contributed by atoms with Gasteiger partial charge in [-0.2, -0.15) is 0 Å². The Labute approximate surface area is 273 Å². The summed E-state index contributed by atoms with van der Waals surface area (Å²) in [6.07, 6.45) is 0.325. The molecule has 0 spiro atoms. The van der Waals surface area contributed by atoms with E-state index in [2.05, 4.69) is 10.6 Å². The van der Waals surface area contributed by atoms with Gasteiger partial charge in [0, 0.05) is 17.8 Å². The molecule has 2 atom stereocenters. The summed E-state index contributed by atoms with van der Waals surface area (Å²) in [5.41, 5.74) is 7.15. The number of anilines is 2. The first-order valence-electron chi connectivity index (χ1n) is 14.4. The zero-order chi connectivity index (χ0) is 33.8. The van der Waals surface area contributed by atoms with Crippen molar-refractivity contribution in [3.8, 4) is 11.5 Å². The first-order valence-corrected chi connectivity index (χ1v) is 16.4. The average molecular weight is 673 g/mol. The number of nitrogens with one attached hydrogen (secondary N) is 2. The van der Waals surface area contributed by atoms with Gasteiger partial charge in [-0.1, -0.05) is 17.7 Å². The maximum absolute atomic E-state index is 14.6. The van der Waals surface area contributed by atoms with E-state index in [9.17, 15) is 22.8 Å². The largest absolute Gasteiger partial charge is 0.493 e. The molecule has 1 fully saturated rings. The van der Waals surface area contributed by atoms with Gasteiger partial charge in [0.2, 0.25) is 11.8 Å². The number of sulfone groups is 1. The minimum absolute atomic E-state index is 0.0652. The molecule has 1 saturated heterocycles. The zero-order valence-electron chi connectivity index (χ0n) is 26.1. The van der Waals surface area contributed by atoms with E-state index in [-0.39, 0.29) is 21.2 Å². The van der Waals surface area contributed by atoms with Crippen LogP contribution in [0, 0.1) is 0 Å². The minimum Gasteiger partial charge on any atom is -0.493 e. The molecule has 2 unspecified atom stereocenters. The number of amides is 3. The Morgan fingerprint density at radius 1 is 0.978 bits per heavy atom. The van der Waals surface area contributed by atoms with Crippen molar-refractivity contribution >= 4 is 50.7 Å². The number of ether oxygens (including phenoxy) is 3. The summed E-state index contributed by atoms with van der Waals surface area (Å²) >= 11 is 6.50. The van der Waals surface area contributed by atoms with Gasteiger partial charge >= 0.3 is 6.09 Å². The number of hydrogen-bond acceptors (Lipinski definition) is 9.